The van der Waals surface area contributed by atoms with Gasteiger partial charge in [-0.1, -0.05) is 24.3 Å². The van der Waals surface area contributed by atoms with Crippen molar-refractivity contribution in [1.29, 1.82) is 0 Å². The Labute approximate surface area is 190 Å². The summed E-state index contributed by atoms with van der Waals surface area (Å²) in [5.41, 5.74) is 3.14. The van der Waals surface area contributed by atoms with E-state index in [9.17, 15) is 4.79 Å². The molecule has 6 nitrogen and oxygen atoms in total. The monoisotopic (exact) mass is 438 g/mol. The van der Waals surface area contributed by atoms with E-state index < -0.39 is 0 Å². The highest BCUT2D eigenvalue weighted by Crippen LogP contribution is 2.67. The van der Waals surface area contributed by atoms with E-state index in [1.165, 1.54) is 5.56 Å². The molecule has 2 fully saturated rings. The molecule has 3 aliphatic heterocycles. The molecule has 172 valence electrons. The van der Waals surface area contributed by atoms with Crippen molar-refractivity contribution in [2.75, 3.05) is 32.7 Å². The molecule has 4 atom stereocenters. The zero-order chi connectivity index (χ0) is 22.8. The third-order valence-electron chi connectivity index (χ3n) is 8.31. The predicted octanol–water partition coefficient (Wildman–Crippen LogP) is 4.04. The van der Waals surface area contributed by atoms with Gasteiger partial charge in [0, 0.05) is 30.5 Å². The van der Waals surface area contributed by atoms with Gasteiger partial charge in [0.2, 0.25) is 0 Å². The van der Waals surface area contributed by atoms with Crippen molar-refractivity contribution in [3.8, 4) is 11.5 Å². The first-order valence-corrected chi connectivity index (χ1v) is 11.6. The highest BCUT2D eigenvalue weighted by molar-refractivity contribution is 5.78. The number of benzene rings is 1. The zero-order valence-electron chi connectivity index (χ0n) is 19.8. The molecule has 0 N–H and O–H groups in total. The van der Waals surface area contributed by atoms with E-state index in [-0.39, 0.29) is 35.0 Å². The van der Waals surface area contributed by atoms with Gasteiger partial charge in [0.1, 0.15) is 0 Å². The van der Waals surface area contributed by atoms with Crippen LogP contribution in [0.3, 0.4) is 0 Å². The van der Waals surface area contributed by atoms with Gasteiger partial charge in [-0.25, -0.2) is 0 Å². The van der Waals surface area contributed by atoms with Crippen molar-refractivity contribution in [3.05, 3.63) is 42.1 Å². The lowest BCUT2D eigenvalue weighted by Gasteiger charge is -2.58. The van der Waals surface area contributed by atoms with Crippen LogP contribution >= 0.6 is 0 Å². The SMILES string of the molecule is C=C1C[C@H]2N(C)c3c(ccc(OC)c3OC)[C@]23CCN2C=CC[C@@]1(CC(=O)OC(C)C)[C@@H]23. The van der Waals surface area contributed by atoms with E-state index in [0.29, 0.717) is 6.42 Å². The van der Waals surface area contributed by atoms with Crippen LogP contribution in [0.25, 0.3) is 0 Å². The molecule has 3 heterocycles. The number of carbonyl (C=O) groups excluding carboxylic acids is 1. The average molecular weight is 439 g/mol. The molecule has 5 rings (SSSR count). The Morgan fingerprint density at radius 3 is 2.75 bits per heavy atom. The molecule has 32 heavy (non-hydrogen) atoms. The maximum absolute atomic E-state index is 13.0. The van der Waals surface area contributed by atoms with E-state index in [2.05, 4.69) is 41.8 Å². The Bertz CT molecular complexity index is 1000. The highest BCUT2D eigenvalue weighted by Gasteiger charge is 2.69. The molecule has 0 bridgehead atoms. The standard InChI is InChI=1S/C26H34N2O4/c1-16(2)32-21(29)15-25-10-7-12-28-13-11-26(24(25)28)18-8-9-19(30-5)23(31-6)22(18)27(4)20(26)14-17(25)3/h7-9,12,16,20,24H,3,10-11,13-15H2,1-2,4-6H3/t20-,24-,25+,26-/m1/s1. The second kappa shape index (κ2) is 7.19. The third kappa shape index (κ3) is 2.55. The smallest absolute Gasteiger partial charge is 0.307 e. The van der Waals surface area contributed by atoms with Gasteiger partial charge in [-0.3, -0.25) is 4.79 Å². The lowest BCUT2D eigenvalue weighted by Crippen LogP contribution is -2.64. The molecular formula is C26H34N2O4. The number of nitrogens with zero attached hydrogens (tertiary/aromatic N) is 2. The average Bonchev–Trinajstić information content (AvgIpc) is 3.26. The van der Waals surface area contributed by atoms with E-state index in [1.54, 1.807) is 14.2 Å². The Kier molecular flexibility index (Phi) is 4.77. The summed E-state index contributed by atoms with van der Waals surface area (Å²) in [7, 11) is 5.55. The lowest BCUT2D eigenvalue weighted by molar-refractivity contribution is -0.151. The third-order valence-corrected chi connectivity index (χ3v) is 8.31. The Morgan fingerprint density at radius 1 is 1.28 bits per heavy atom. The Hall–Kier alpha value is -2.63. The molecule has 0 radical (unpaired) electrons. The summed E-state index contributed by atoms with van der Waals surface area (Å²) in [6.45, 7) is 9.37. The van der Waals surface area contributed by atoms with Crippen molar-refractivity contribution >= 4 is 11.7 Å². The quantitative estimate of drug-likeness (QED) is 0.511. The van der Waals surface area contributed by atoms with Crippen LogP contribution in [0.2, 0.25) is 0 Å². The minimum atomic E-state index is -0.330. The van der Waals surface area contributed by atoms with Crippen LogP contribution in [-0.2, 0) is 14.9 Å². The van der Waals surface area contributed by atoms with Crippen LogP contribution in [0, 0.1) is 5.41 Å². The molecule has 1 spiro atoms. The van der Waals surface area contributed by atoms with E-state index in [1.807, 2.05) is 19.9 Å². The zero-order valence-corrected chi connectivity index (χ0v) is 19.8. The lowest BCUT2D eigenvalue weighted by atomic mass is 9.51. The summed E-state index contributed by atoms with van der Waals surface area (Å²) in [4.78, 5) is 17.8. The van der Waals surface area contributed by atoms with Crippen molar-refractivity contribution < 1.29 is 19.0 Å². The van der Waals surface area contributed by atoms with Gasteiger partial charge in [0.05, 0.1) is 38.5 Å². The number of likely N-dealkylation sites (N-methyl/N-ethyl adjacent to an activating group) is 1. The molecule has 0 aromatic heterocycles. The summed E-state index contributed by atoms with van der Waals surface area (Å²) < 4.78 is 17.1. The van der Waals surface area contributed by atoms with Gasteiger partial charge >= 0.3 is 5.97 Å². The largest absolute Gasteiger partial charge is 0.493 e. The second-order valence-electron chi connectivity index (χ2n) is 10.0. The fourth-order valence-corrected chi connectivity index (χ4v) is 7.25. The van der Waals surface area contributed by atoms with Gasteiger partial charge in [-0.05, 0) is 50.9 Å². The van der Waals surface area contributed by atoms with Crippen LogP contribution in [0.5, 0.6) is 11.5 Å². The number of rotatable bonds is 5. The highest BCUT2D eigenvalue weighted by atomic mass is 16.5. The van der Waals surface area contributed by atoms with Gasteiger partial charge in [-0.15, -0.1) is 0 Å². The van der Waals surface area contributed by atoms with Crippen LogP contribution < -0.4 is 14.4 Å². The number of carbonyl (C=O) groups is 1. The molecule has 0 unspecified atom stereocenters. The Balaban J connectivity index is 1.69. The summed E-state index contributed by atoms with van der Waals surface area (Å²) >= 11 is 0. The molecule has 6 heteroatoms. The van der Waals surface area contributed by atoms with Gasteiger partial charge in [-0.2, -0.15) is 0 Å². The number of fused-ring (bicyclic) bond motifs is 1. The number of hydrogen-bond acceptors (Lipinski definition) is 6. The minimum Gasteiger partial charge on any atom is -0.493 e. The molecule has 0 amide bonds. The van der Waals surface area contributed by atoms with E-state index in [0.717, 1.165) is 48.6 Å². The maximum Gasteiger partial charge on any atom is 0.307 e. The number of methoxy groups -OCH3 is 2. The number of esters is 1. The molecule has 4 aliphatic rings. The van der Waals surface area contributed by atoms with Crippen LogP contribution in [0.15, 0.2) is 36.6 Å². The van der Waals surface area contributed by atoms with E-state index in [4.69, 9.17) is 14.2 Å². The summed E-state index contributed by atoms with van der Waals surface area (Å²) in [6.07, 6.45) is 7.42. The number of ether oxygens (including phenoxy) is 3. The van der Waals surface area contributed by atoms with E-state index >= 15 is 0 Å². The van der Waals surface area contributed by atoms with Crippen LogP contribution in [0.1, 0.15) is 45.1 Å². The number of anilines is 1. The van der Waals surface area contributed by atoms with Gasteiger partial charge in [0.25, 0.3) is 0 Å². The van der Waals surface area contributed by atoms with Crippen molar-refractivity contribution in [2.45, 2.75) is 63.1 Å². The predicted molar refractivity (Wildman–Crippen MR) is 124 cm³/mol. The maximum atomic E-state index is 13.0. The summed E-state index contributed by atoms with van der Waals surface area (Å²) in [5, 5.41) is 0. The molecule has 1 aromatic carbocycles. The second-order valence-corrected chi connectivity index (χ2v) is 10.0. The fraction of sp³-hybridized carbons (Fsp3) is 0.577. The first-order chi connectivity index (χ1) is 15.3. The first-order valence-electron chi connectivity index (χ1n) is 11.6. The number of hydrogen-bond donors (Lipinski definition) is 0. The Morgan fingerprint density at radius 2 is 2.06 bits per heavy atom. The molecular weight excluding hydrogens is 404 g/mol. The topological polar surface area (TPSA) is 51.2 Å². The normalized spacial score (nSPS) is 32.0. The van der Waals surface area contributed by atoms with Crippen molar-refractivity contribution in [3.63, 3.8) is 0 Å². The molecule has 1 saturated heterocycles. The van der Waals surface area contributed by atoms with Gasteiger partial charge < -0.3 is 24.0 Å². The molecule has 1 aliphatic carbocycles. The summed E-state index contributed by atoms with van der Waals surface area (Å²) in [5.74, 6) is 1.41. The van der Waals surface area contributed by atoms with Crippen molar-refractivity contribution in [1.82, 2.24) is 4.90 Å². The first kappa shape index (κ1) is 21.2. The van der Waals surface area contributed by atoms with Gasteiger partial charge in [0.15, 0.2) is 11.5 Å². The fourth-order valence-electron chi connectivity index (χ4n) is 7.25. The summed E-state index contributed by atoms with van der Waals surface area (Å²) in [6, 6.07) is 4.68. The molecule has 1 saturated carbocycles. The van der Waals surface area contributed by atoms with Crippen molar-refractivity contribution in [2.24, 2.45) is 5.41 Å². The number of allylic oxidation sites excluding steroid dienone is 1. The van der Waals surface area contributed by atoms with Crippen LogP contribution in [0.4, 0.5) is 5.69 Å². The minimum absolute atomic E-state index is 0.103. The molecule has 1 aromatic rings. The van der Waals surface area contributed by atoms with Crippen LogP contribution in [-0.4, -0.2) is 56.9 Å².